The fourth-order valence-corrected chi connectivity index (χ4v) is 1.72. The van der Waals surface area contributed by atoms with E-state index in [2.05, 4.69) is 0 Å². The van der Waals surface area contributed by atoms with E-state index >= 15 is 0 Å². The van der Waals surface area contributed by atoms with Gasteiger partial charge in [-0.1, -0.05) is 0 Å². The lowest BCUT2D eigenvalue weighted by atomic mass is 10.3. The molecule has 4 nitrogen and oxygen atoms in total. The second-order valence-corrected chi connectivity index (χ2v) is 3.82. The number of hydrogen-bond donors (Lipinski definition) is 1. The van der Waals surface area contributed by atoms with E-state index in [9.17, 15) is 4.79 Å². The first-order valence-electron chi connectivity index (χ1n) is 4.30. The van der Waals surface area contributed by atoms with Crippen LogP contribution in [0.25, 0.3) is 0 Å². The third-order valence-corrected chi connectivity index (χ3v) is 2.75. The predicted octanol–water partition coefficient (Wildman–Crippen LogP) is 1.28. The van der Waals surface area contributed by atoms with Crippen LogP contribution in [-0.4, -0.2) is 25.9 Å². The van der Waals surface area contributed by atoms with Gasteiger partial charge in [0.25, 0.3) is 0 Å². The van der Waals surface area contributed by atoms with Gasteiger partial charge in [0.15, 0.2) is 11.5 Å². The van der Waals surface area contributed by atoms with Crippen LogP contribution < -0.4 is 15.2 Å². The molecular formula is C10H13NO3S. The molecule has 1 amide bonds. The molecule has 0 fully saturated rings. The molecule has 0 bridgehead atoms. The second-order valence-electron chi connectivity index (χ2n) is 2.77. The van der Waals surface area contributed by atoms with Crippen molar-refractivity contribution in [2.24, 2.45) is 5.73 Å². The molecule has 82 valence electrons. The highest BCUT2D eigenvalue weighted by atomic mass is 32.2. The Morgan fingerprint density at radius 1 is 1.33 bits per heavy atom. The lowest BCUT2D eigenvalue weighted by molar-refractivity contribution is -0.115. The Bertz CT molecular complexity index is 355. The van der Waals surface area contributed by atoms with Crippen LogP contribution in [0, 0.1) is 0 Å². The molecule has 0 atom stereocenters. The summed E-state index contributed by atoms with van der Waals surface area (Å²) in [4.78, 5) is 11.5. The topological polar surface area (TPSA) is 61.5 Å². The fraction of sp³-hybridized carbons (Fsp3) is 0.300. The largest absolute Gasteiger partial charge is 0.493 e. The summed E-state index contributed by atoms with van der Waals surface area (Å²) in [6.45, 7) is 0. The maximum atomic E-state index is 10.6. The molecule has 2 N–H and O–H groups in total. The van der Waals surface area contributed by atoms with E-state index in [1.807, 2.05) is 12.1 Å². The number of rotatable bonds is 5. The lowest BCUT2D eigenvalue weighted by Gasteiger charge is -2.08. The molecule has 5 heteroatoms. The highest BCUT2D eigenvalue weighted by molar-refractivity contribution is 8.00. The Morgan fingerprint density at radius 2 is 2.00 bits per heavy atom. The van der Waals surface area contributed by atoms with Gasteiger partial charge in [-0.2, -0.15) is 0 Å². The number of benzene rings is 1. The van der Waals surface area contributed by atoms with Crippen molar-refractivity contribution in [1.29, 1.82) is 0 Å². The number of primary amides is 1. The highest BCUT2D eigenvalue weighted by Crippen LogP contribution is 2.31. The first-order valence-corrected chi connectivity index (χ1v) is 5.29. The minimum atomic E-state index is -0.338. The molecule has 0 aromatic heterocycles. The summed E-state index contributed by atoms with van der Waals surface area (Å²) in [6.07, 6.45) is 0. The van der Waals surface area contributed by atoms with Gasteiger partial charge in [-0.05, 0) is 18.2 Å². The van der Waals surface area contributed by atoms with Gasteiger partial charge in [0, 0.05) is 4.90 Å². The first-order chi connectivity index (χ1) is 7.17. The molecule has 0 saturated heterocycles. The predicted molar refractivity (Wildman–Crippen MR) is 59.5 cm³/mol. The van der Waals surface area contributed by atoms with Crippen LogP contribution in [0.1, 0.15) is 0 Å². The van der Waals surface area contributed by atoms with Crippen molar-refractivity contribution < 1.29 is 14.3 Å². The Morgan fingerprint density at radius 3 is 2.53 bits per heavy atom. The lowest BCUT2D eigenvalue weighted by Crippen LogP contribution is -2.12. The molecule has 0 heterocycles. The standard InChI is InChI=1S/C10H13NO3S/c1-13-8-4-3-7(5-9(8)14-2)15-6-10(11)12/h3-5H,6H2,1-2H3,(H2,11,12). The first kappa shape index (κ1) is 11.7. The quantitative estimate of drug-likeness (QED) is 0.770. The number of carbonyl (C=O) groups excluding carboxylic acids is 1. The SMILES string of the molecule is COc1ccc(SCC(N)=O)cc1OC. The Kier molecular flexibility index (Phi) is 4.30. The zero-order valence-corrected chi connectivity index (χ0v) is 9.47. The van der Waals surface area contributed by atoms with Gasteiger partial charge < -0.3 is 15.2 Å². The van der Waals surface area contributed by atoms with Crippen molar-refractivity contribution >= 4 is 17.7 Å². The Hall–Kier alpha value is -1.36. The summed E-state index contributed by atoms with van der Waals surface area (Å²) in [5.74, 6) is 1.23. The molecule has 0 aliphatic heterocycles. The van der Waals surface area contributed by atoms with Crippen LogP contribution in [0.4, 0.5) is 0 Å². The maximum absolute atomic E-state index is 10.6. The van der Waals surface area contributed by atoms with Crippen LogP contribution in [-0.2, 0) is 4.79 Å². The summed E-state index contributed by atoms with van der Waals surface area (Å²) >= 11 is 1.37. The van der Waals surface area contributed by atoms with Gasteiger partial charge in [-0.25, -0.2) is 0 Å². The van der Waals surface area contributed by atoms with Crippen molar-refractivity contribution in [3.05, 3.63) is 18.2 Å². The highest BCUT2D eigenvalue weighted by Gasteiger charge is 2.05. The van der Waals surface area contributed by atoms with Crippen LogP contribution in [0.2, 0.25) is 0 Å². The number of hydrogen-bond acceptors (Lipinski definition) is 4. The van der Waals surface area contributed by atoms with Crippen LogP contribution in [0.15, 0.2) is 23.1 Å². The number of ether oxygens (including phenoxy) is 2. The van der Waals surface area contributed by atoms with Gasteiger partial charge in [0.2, 0.25) is 5.91 Å². The van der Waals surface area contributed by atoms with E-state index in [1.54, 1.807) is 20.3 Å². The number of thioether (sulfide) groups is 1. The molecule has 0 saturated carbocycles. The maximum Gasteiger partial charge on any atom is 0.227 e. The molecule has 1 aromatic rings. The molecule has 1 rings (SSSR count). The van der Waals surface area contributed by atoms with Crippen LogP contribution in [0.5, 0.6) is 11.5 Å². The van der Waals surface area contributed by atoms with Crippen molar-refractivity contribution in [2.45, 2.75) is 4.90 Å². The number of methoxy groups -OCH3 is 2. The zero-order valence-electron chi connectivity index (χ0n) is 8.65. The van der Waals surface area contributed by atoms with E-state index in [0.29, 0.717) is 11.5 Å². The third-order valence-electron chi connectivity index (χ3n) is 1.74. The molecule has 0 aliphatic carbocycles. The number of nitrogens with two attached hydrogens (primary N) is 1. The molecule has 0 unspecified atom stereocenters. The smallest absolute Gasteiger partial charge is 0.227 e. The van der Waals surface area contributed by atoms with Gasteiger partial charge in [-0.15, -0.1) is 11.8 Å². The monoisotopic (exact) mass is 227 g/mol. The molecule has 15 heavy (non-hydrogen) atoms. The number of amides is 1. The molecule has 0 aliphatic rings. The average molecular weight is 227 g/mol. The zero-order chi connectivity index (χ0) is 11.3. The van der Waals surface area contributed by atoms with Gasteiger partial charge in [0.05, 0.1) is 20.0 Å². The van der Waals surface area contributed by atoms with E-state index in [1.165, 1.54) is 11.8 Å². The minimum Gasteiger partial charge on any atom is -0.493 e. The van der Waals surface area contributed by atoms with Gasteiger partial charge in [0.1, 0.15) is 0 Å². The Balaban J connectivity index is 2.78. The van der Waals surface area contributed by atoms with Gasteiger partial charge in [-0.3, -0.25) is 4.79 Å². The summed E-state index contributed by atoms with van der Waals surface area (Å²) < 4.78 is 10.2. The van der Waals surface area contributed by atoms with E-state index in [-0.39, 0.29) is 11.7 Å². The van der Waals surface area contributed by atoms with E-state index in [4.69, 9.17) is 15.2 Å². The van der Waals surface area contributed by atoms with Crippen molar-refractivity contribution in [3.8, 4) is 11.5 Å². The van der Waals surface area contributed by atoms with E-state index in [0.717, 1.165) is 4.90 Å². The molecule has 0 spiro atoms. The molecular weight excluding hydrogens is 214 g/mol. The fourth-order valence-electron chi connectivity index (χ4n) is 1.06. The molecule has 1 aromatic carbocycles. The average Bonchev–Trinajstić information content (AvgIpc) is 2.25. The van der Waals surface area contributed by atoms with Crippen molar-refractivity contribution in [3.63, 3.8) is 0 Å². The summed E-state index contributed by atoms with van der Waals surface area (Å²) in [5.41, 5.74) is 5.05. The number of carbonyl (C=O) groups is 1. The van der Waals surface area contributed by atoms with Crippen molar-refractivity contribution in [1.82, 2.24) is 0 Å². The van der Waals surface area contributed by atoms with Crippen molar-refractivity contribution in [2.75, 3.05) is 20.0 Å². The van der Waals surface area contributed by atoms with E-state index < -0.39 is 0 Å². The van der Waals surface area contributed by atoms with Crippen LogP contribution in [0.3, 0.4) is 0 Å². The summed E-state index contributed by atoms with van der Waals surface area (Å²) in [6, 6.07) is 5.46. The Labute approximate surface area is 92.7 Å². The third kappa shape index (κ3) is 3.36. The normalized spacial score (nSPS) is 9.73. The summed E-state index contributed by atoms with van der Waals surface area (Å²) in [5, 5.41) is 0. The van der Waals surface area contributed by atoms with Crippen LogP contribution >= 0.6 is 11.8 Å². The second kappa shape index (κ2) is 5.50. The molecule has 0 radical (unpaired) electrons. The van der Waals surface area contributed by atoms with Gasteiger partial charge >= 0.3 is 0 Å². The minimum absolute atomic E-state index is 0.259. The summed E-state index contributed by atoms with van der Waals surface area (Å²) in [7, 11) is 3.15.